The zero-order chi connectivity index (χ0) is 31.5. The molecule has 0 radical (unpaired) electrons. The molecule has 1 aliphatic carbocycles. The molecule has 43 heavy (non-hydrogen) atoms. The summed E-state index contributed by atoms with van der Waals surface area (Å²) >= 11 is 6.35. The van der Waals surface area contributed by atoms with Crippen LogP contribution in [0.4, 0.5) is 22.0 Å². The first kappa shape index (κ1) is 32.6. The molecular weight excluding hydrogens is 597 g/mol. The van der Waals surface area contributed by atoms with E-state index in [4.69, 9.17) is 17.0 Å². The highest BCUT2D eigenvalue weighted by atomic mass is 35.5. The second-order valence-corrected chi connectivity index (χ2v) is 11.9. The van der Waals surface area contributed by atoms with E-state index in [2.05, 4.69) is 25.7 Å². The Morgan fingerprint density at radius 2 is 2.02 bits per heavy atom. The van der Waals surface area contributed by atoms with E-state index in [1.54, 1.807) is 13.0 Å². The number of nitrogens with zero attached hydrogens (tertiary/aromatic N) is 3. The number of aromatic nitrogens is 4. The molecule has 236 valence electrons. The number of alkyl halides is 6. The highest BCUT2D eigenvalue weighted by Crippen LogP contribution is 2.41. The monoisotopic (exact) mass is 631 g/mol. The average molecular weight is 632 g/mol. The molecular formula is C28H35ClF5N7O2. The second-order valence-electron chi connectivity index (χ2n) is 11.2. The summed E-state index contributed by atoms with van der Waals surface area (Å²) in [5.41, 5.74) is 0.939. The number of nitrogens with one attached hydrogen (secondary N) is 4. The molecule has 1 saturated heterocycles. The zero-order valence-corrected chi connectivity index (χ0v) is 24.5. The van der Waals surface area contributed by atoms with Crippen molar-refractivity contribution in [2.75, 3.05) is 6.54 Å². The Morgan fingerprint density at radius 3 is 2.65 bits per heavy atom. The lowest BCUT2D eigenvalue weighted by Gasteiger charge is -2.33. The van der Waals surface area contributed by atoms with Crippen LogP contribution in [0.3, 0.4) is 0 Å². The fraction of sp³-hybridized carbons (Fsp3) is 0.607. The zero-order valence-electron chi connectivity index (χ0n) is 23.8. The number of aromatic amines is 1. The first-order valence-corrected chi connectivity index (χ1v) is 14.7. The number of piperidine rings is 1. The topological polar surface area (TPSA) is 129 Å². The third-order valence-corrected chi connectivity index (χ3v) is 8.40. The van der Waals surface area contributed by atoms with Gasteiger partial charge in [0.25, 0.3) is 5.91 Å². The lowest BCUT2D eigenvalue weighted by Crippen LogP contribution is -2.47. The molecule has 0 spiro atoms. The van der Waals surface area contributed by atoms with Gasteiger partial charge in [-0.2, -0.15) is 18.3 Å². The van der Waals surface area contributed by atoms with Crippen molar-refractivity contribution in [1.29, 1.82) is 5.41 Å². The van der Waals surface area contributed by atoms with Crippen LogP contribution < -0.4 is 10.6 Å². The molecule has 3 heterocycles. The number of amides is 2. The summed E-state index contributed by atoms with van der Waals surface area (Å²) in [5.74, 6) is -6.54. The molecule has 2 aromatic rings. The molecule has 9 nitrogen and oxygen atoms in total. The van der Waals surface area contributed by atoms with Gasteiger partial charge in [0.1, 0.15) is 11.5 Å². The summed E-state index contributed by atoms with van der Waals surface area (Å²) in [6.07, 6.45) is -0.960. The van der Waals surface area contributed by atoms with Crippen molar-refractivity contribution in [3.05, 3.63) is 41.2 Å². The Bertz CT molecular complexity index is 1340. The first-order valence-electron chi connectivity index (χ1n) is 14.2. The maximum atomic E-state index is 14.0. The summed E-state index contributed by atoms with van der Waals surface area (Å²) in [6, 6.07) is 0.884. The van der Waals surface area contributed by atoms with Gasteiger partial charge in [-0.05, 0) is 56.7 Å². The van der Waals surface area contributed by atoms with Gasteiger partial charge in [0.2, 0.25) is 11.8 Å². The molecule has 2 aromatic heterocycles. The highest BCUT2D eigenvalue weighted by molar-refractivity contribution is 6.26. The van der Waals surface area contributed by atoms with Crippen LogP contribution in [0.5, 0.6) is 0 Å². The number of hydrogen-bond acceptors (Lipinski definition) is 5. The normalized spacial score (nSPS) is 23.0. The van der Waals surface area contributed by atoms with E-state index in [1.807, 2.05) is 6.92 Å². The molecule has 1 saturated carbocycles. The maximum absolute atomic E-state index is 14.0. The summed E-state index contributed by atoms with van der Waals surface area (Å²) < 4.78 is 69.3. The first-order chi connectivity index (χ1) is 20.2. The quantitative estimate of drug-likeness (QED) is 0.153. The van der Waals surface area contributed by atoms with Crippen LogP contribution in [-0.4, -0.2) is 61.3 Å². The van der Waals surface area contributed by atoms with Crippen molar-refractivity contribution in [3.63, 3.8) is 0 Å². The van der Waals surface area contributed by atoms with E-state index >= 15 is 0 Å². The van der Waals surface area contributed by atoms with Crippen LogP contribution >= 0.6 is 11.6 Å². The summed E-state index contributed by atoms with van der Waals surface area (Å²) in [4.78, 5) is 32.9. The van der Waals surface area contributed by atoms with Crippen molar-refractivity contribution in [2.24, 2.45) is 17.8 Å². The molecule has 4 N–H and O–H groups in total. The van der Waals surface area contributed by atoms with Crippen molar-refractivity contribution >= 4 is 35.2 Å². The van der Waals surface area contributed by atoms with Gasteiger partial charge >= 0.3 is 6.18 Å². The SMILES string of the molecule is CCn1nccc1C(=O)N[C@H](c1cnc(/C=C(\C(=N)C[C@H]2C[C@@H](C(F)(F)F)CNC2=O)C(C)Cl)[nH]1)C1CCC(F)(F)CC1. The Balaban J connectivity index is 1.56. The number of carbonyl (C=O) groups excluding carboxylic acids is 2. The fourth-order valence-electron chi connectivity index (χ4n) is 5.70. The third kappa shape index (κ3) is 8.01. The second kappa shape index (κ2) is 13.1. The van der Waals surface area contributed by atoms with Gasteiger partial charge in [-0.3, -0.25) is 14.3 Å². The molecule has 2 amide bonds. The minimum Gasteiger partial charge on any atom is -0.355 e. The fourth-order valence-corrected chi connectivity index (χ4v) is 5.90. The standard InChI is InChI=1S/C28H35ClF5N7O2/c1-3-41-22(6-9-38-41)26(43)40-24(16-4-7-27(30,31)8-5-16)21-14-36-23(39-21)12-19(15(2)29)20(35)11-17-10-18(28(32,33)34)13-37-25(17)42/h6,9,12,14-18,24,35H,3-5,7-8,10-11,13H2,1-2H3,(H,36,39)(H,37,42)(H,40,43)/b19-12-,35-20?/t15?,17-,18-,24+/m1/s1. The van der Waals surface area contributed by atoms with E-state index in [9.17, 15) is 31.5 Å². The van der Waals surface area contributed by atoms with E-state index in [0.717, 1.165) is 0 Å². The number of H-pyrrole nitrogens is 1. The molecule has 0 aromatic carbocycles. The molecule has 15 heteroatoms. The Labute approximate surface area is 250 Å². The number of halogens is 6. The number of allylic oxidation sites excluding steroid dienone is 1. The van der Waals surface area contributed by atoms with Gasteiger partial charge in [-0.15, -0.1) is 11.6 Å². The molecule has 2 fully saturated rings. The van der Waals surface area contributed by atoms with Gasteiger partial charge in [-0.25, -0.2) is 13.8 Å². The Hall–Kier alpha value is -3.29. The number of rotatable bonds is 10. The summed E-state index contributed by atoms with van der Waals surface area (Å²) in [7, 11) is 0. The van der Waals surface area contributed by atoms with Crippen LogP contribution in [0, 0.1) is 23.2 Å². The number of carbonyl (C=O) groups is 2. The summed E-state index contributed by atoms with van der Waals surface area (Å²) in [6.45, 7) is 3.39. The van der Waals surface area contributed by atoms with E-state index in [-0.39, 0.29) is 55.1 Å². The lowest BCUT2D eigenvalue weighted by atomic mass is 9.81. The Morgan fingerprint density at radius 1 is 1.33 bits per heavy atom. The van der Waals surface area contributed by atoms with Crippen molar-refractivity contribution in [3.8, 4) is 0 Å². The minimum absolute atomic E-state index is 0.101. The van der Waals surface area contributed by atoms with E-state index in [1.165, 1.54) is 23.2 Å². The number of hydrogen-bond donors (Lipinski definition) is 4. The van der Waals surface area contributed by atoms with Crippen LogP contribution in [0.25, 0.3) is 6.08 Å². The van der Waals surface area contributed by atoms with Crippen LogP contribution in [0.2, 0.25) is 0 Å². The van der Waals surface area contributed by atoms with Gasteiger partial charge < -0.3 is 21.0 Å². The predicted molar refractivity (Wildman–Crippen MR) is 150 cm³/mol. The van der Waals surface area contributed by atoms with Crippen molar-refractivity contribution in [1.82, 2.24) is 30.4 Å². The van der Waals surface area contributed by atoms with Gasteiger partial charge in [0, 0.05) is 50.2 Å². The minimum atomic E-state index is -4.46. The molecule has 0 bridgehead atoms. The highest BCUT2D eigenvalue weighted by Gasteiger charge is 2.45. The summed E-state index contributed by atoms with van der Waals surface area (Å²) in [5, 5.41) is 17.2. The molecule has 4 rings (SSSR count). The van der Waals surface area contributed by atoms with Crippen LogP contribution in [0.15, 0.2) is 24.0 Å². The smallest absolute Gasteiger partial charge is 0.355 e. The van der Waals surface area contributed by atoms with Gasteiger partial charge in [-0.1, -0.05) is 0 Å². The lowest BCUT2D eigenvalue weighted by molar-refractivity contribution is -0.183. The van der Waals surface area contributed by atoms with E-state index < -0.39 is 60.1 Å². The van der Waals surface area contributed by atoms with Gasteiger partial charge in [0.15, 0.2) is 0 Å². The largest absolute Gasteiger partial charge is 0.393 e. The Kier molecular flexibility index (Phi) is 9.97. The van der Waals surface area contributed by atoms with Crippen LogP contribution in [-0.2, 0) is 11.3 Å². The average Bonchev–Trinajstić information content (AvgIpc) is 3.60. The van der Waals surface area contributed by atoms with Crippen LogP contribution in [0.1, 0.15) is 80.4 Å². The van der Waals surface area contributed by atoms with Crippen molar-refractivity contribution < 1.29 is 31.5 Å². The molecule has 1 unspecified atom stereocenters. The molecule has 1 aliphatic heterocycles. The molecule has 4 atom stereocenters. The number of aryl methyl sites for hydroxylation is 1. The maximum Gasteiger partial charge on any atom is 0.393 e. The predicted octanol–water partition coefficient (Wildman–Crippen LogP) is 5.66. The number of imidazole rings is 1. The van der Waals surface area contributed by atoms with Crippen molar-refractivity contribution in [2.45, 2.75) is 82.4 Å². The van der Waals surface area contributed by atoms with E-state index in [0.29, 0.717) is 17.9 Å². The van der Waals surface area contributed by atoms with Gasteiger partial charge in [0.05, 0.1) is 29.2 Å². The molecule has 2 aliphatic rings. The third-order valence-electron chi connectivity index (χ3n) is 8.16.